The van der Waals surface area contributed by atoms with Crippen molar-refractivity contribution < 1.29 is 22.3 Å². The number of sulfonamides is 1. The van der Waals surface area contributed by atoms with Crippen LogP contribution in [0, 0.1) is 11.7 Å². The van der Waals surface area contributed by atoms with E-state index in [0.717, 1.165) is 6.07 Å². The first kappa shape index (κ1) is 17.7. The van der Waals surface area contributed by atoms with Crippen molar-refractivity contribution in [3.8, 4) is 0 Å². The third kappa shape index (κ3) is 5.18. The highest BCUT2D eigenvalue weighted by Crippen LogP contribution is 2.15. The van der Waals surface area contributed by atoms with Gasteiger partial charge in [-0.05, 0) is 25.1 Å². The summed E-state index contributed by atoms with van der Waals surface area (Å²) in [5.41, 5.74) is 0.143. The van der Waals surface area contributed by atoms with Gasteiger partial charge in [-0.3, -0.25) is 9.52 Å². The average molecular weight is 344 g/mol. The Morgan fingerprint density at radius 3 is 2.91 bits per heavy atom. The van der Waals surface area contributed by atoms with Crippen molar-refractivity contribution >= 4 is 21.6 Å². The number of hydrogen-bond donors (Lipinski definition) is 1. The van der Waals surface area contributed by atoms with Gasteiger partial charge in [0.05, 0.1) is 30.1 Å². The Hall–Kier alpha value is -1.67. The smallest absolute Gasteiger partial charge is 0.233 e. The summed E-state index contributed by atoms with van der Waals surface area (Å²) in [7, 11) is -3.74. The third-order valence-corrected chi connectivity index (χ3v) is 5.03. The Bertz CT molecular complexity index is 665. The lowest BCUT2D eigenvalue weighted by atomic mass is 10.1. The van der Waals surface area contributed by atoms with Gasteiger partial charge >= 0.3 is 0 Å². The summed E-state index contributed by atoms with van der Waals surface area (Å²) in [5.74, 6) is -1.79. The second-order valence-corrected chi connectivity index (χ2v) is 7.53. The number of amides is 1. The highest BCUT2D eigenvalue weighted by atomic mass is 32.2. The molecule has 0 spiro atoms. The van der Waals surface area contributed by atoms with Crippen LogP contribution in [0.2, 0.25) is 0 Å². The number of carbonyl (C=O) groups excluding carboxylic acids is 1. The fourth-order valence-corrected chi connectivity index (χ4v) is 3.87. The summed E-state index contributed by atoms with van der Waals surface area (Å²) < 4.78 is 45.1. The number of halogens is 1. The molecule has 1 aliphatic heterocycles. The molecule has 1 aliphatic rings. The Morgan fingerprint density at radius 1 is 1.52 bits per heavy atom. The van der Waals surface area contributed by atoms with E-state index in [1.54, 1.807) is 11.8 Å². The maximum atomic E-state index is 13.1. The lowest BCUT2D eigenvalue weighted by Crippen LogP contribution is -2.47. The van der Waals surface area contributed by atoms with Gasteiger partial charge in [-0.1, -0.05) is 13.0 Å². The number of nitrogens with one attached hydrogen (secondary N) is 1. The molecule has 0 aliphatic carbocycles. The molecule has 0 saturated carbocycles. The number of ether oxygens (including phenoxy) is 1. The number of anilines is 1. The van der Waals surface area contributed by atoms with Crippen molar-refractivity contribution in [2.45, 2.75) is 20.0 Å². The molecule has 128 valence electrons. The molecule has 23 heavy (non-hydrogen) atoms. The van der Waals surface area contributed by atoms with Crippen LogP contribution in [-0.4, -0.2) is 50.8 Å². The molecule has 1 fully saturated rings. The minimum atomic E-state index is -3.74. The zero-order valence-electron chi connectivity index (χ0n) is 13.2. The SMILES string of the molecule is CC1CN(C(=O)C(C)CS(=O)(=O)Nc2cccc(F)c2)CCO1. The zero-order chi connectivity index (χ0) is 17.0. The van der Waals surface area contributed by atoms with Gasteiger partial charge in [0.15, 0.2) is 0 Å². The van der Waals surface area contributed by atoms with Crippen molar-refractivity contribution in [2.24, 2.45) is 5.92 Å². The van der Waals surface area contributed by atoms with E-state index in [2.05, 4.69) is 4.72 Å². The maximum absolute atomic E-state index is 13.1. The van der Waals surface area contributed by atoms with Crippen LogP contribution in [0.3, 0.4) is 0 Å². The van der Waals surface area contributed by atoms with Crippen LogP contribution in [-0.2, 0) is 19.6 Å². The molecule has 2 atom stereocenters. The molecule has 2 rings (SSSR count). The van der Waals surface area contributed by atoms with E-state index in [1.165, 1.54) is 18.2 Å². The number of hydrogen-bond acceptors (Lipinski definition) is 4. The average Bonchev–Trinajstić information content (AvgIpc) is 2.45. The molecule has 2 unspecified atom stereocenters. The van der Waals surface area contributed by atoms with E-state index in [4.69, 9.17) is 4.74 Å². The highest BCUT2D eigenvalue weighted by molar-refractivity contribution is 7.92. The van der Waals surface area contributed by atoms with Gasteiger partial charge in [0, 0.05) is 13.1 Å². The van der Waals surface area contributed by atoms with Gasteiger partial charge in [0.25, 0.3) is 0 Å². The molecule has 1 heterocycles. The molecule has 1 aromatic rings. The summed E-state index contributed by atoms with van der Waals surface area (Å²) in [5, 5.41) is 0. The van der Waals surface area contributed by atoms with E-state index >= 15 is 0 Å². The Morgan fingerprint density at radius 2 is 2.26 bits per heavy atom. The van der Waals surface area contributed by atoms with E-state index in [-0.39, 0.29) is 23.5 Å². The summed E-state index contributed by atoms with van der Waals surface area (Å²) in [4.78, 5) is 14.0. The van der Waals surface area contributed by atoms with Gasteiger partial charge in [-0.15, -0.1) is 0 Å². The topological polar surface area (TPSA) is 75.7 Å². The second-order valence-electron chi connectivity index (χ2n) is 5.76. The minimum absolute atomic E-state index is 0.0538. The van der Waals surface area contributed by atoms with Crippen LogP contribution in [0.25, 0.3) is 0 Å². The van der Waals surface area contributed by atoms with Crippen molar-refractivity contribution in [1.82, 2.24) is 4.90 Å². The van der Waals surface area contributed by atoms with Crippen LogP contribution in [0.15, 0.2) is 24.3 Å². The van der Waals surface area contributed by atoms with Gasteiger partial charge in [0.2, 0.25) is 15.9 Å². The molecule has 0 radical (unpaired) electrons. The predicted octanol–water partition coefficient (Wildman–Crippen LogP) is 1.45. The number of rotatable bonds is 5. The normalized spacial score (nSPS) is 20.1. The fourth-order valence-electron chi connectivity index (χ4n) is 2.50. The lowest BCUT2D eigenvalue weighted by Gasteiger charge is -2.32. The van der Waals surface area contributed by atoms with Crippen LogP contribution in [0.5, 0.6) is 0 Å². The molecule has 0 aromatic heterocycles. The van der Waals surface area contributed by atoms with Gasteiger partial charge < -0.3 is 9.64 Å². The molecule has 8 heteroatoms. The van der Waals surface area contributed by atoms with Crippen molar-refractivity contribution in [1.29, 1.82) is 0 Å². The first-order chi connectivity index (χ1) is 10.8. The molecule has 6 nitrogen and oxygen atoms in total. The van der Waals surface area contributed by atoms with Crippen molar-refractivity contribution in [2.75, 3.05) is 30.2 Å². The minimum Gasteiger partial charge on any atom is -0.375 e. The first-order valence-corrected chi connectivity index (χ1v) is 9.08. The maximum Gasteiger partial charge on any atom is 0.233 e. The number of morpholine rings is 1. The number of carbonyl (C=O) groups is 1. The Balaban J connectivity index is 1.97. The Labute approximate surface area is 135 Å². The van der Waals surface area contributed by atoms with E-state index in [1.807, 2.05) is 6.92 Å². The third-order valence-electron chi connectivity index (χ3n) is 3.54. The van der Waals surface area contributed by atoms with Gasteiger partial charge in [0.1, 0.15) is 5.82 Å². The fraction of sp³-hybridized carbons (Fsp3) is 0.533. The number of nitrogens with zero attached hydrogens (tertiary/aromatic N) is 1. The molecular formula is C15H21FN2O4S. The Kier molecular flexibility index (Phi) is 5.59. The number of benzene rings is 1. The van der Waals surface area contributed by atoms with Crippen molar-refractivity contribution in [3.05, 3.63) is 30.1 Å². The standard InChI is InChI=1S/C15H21FN2O4S/c1-11(15(19)18-6-7-22-12(2)9-18)10-23(20,21)17-14-5-3-4-13(16)8-14/h3-5,8,11-12,17H,6-7,9-10H2,1-2H3. The van der Waals surface area contributed by atoms with Crippen LogP contribution in [0.1, 0.15) is 13.8 Å². The summed E-state index contributed by atoms with van der Waals surface area (Å²) in [6.07, 6.45) is -0.0538. The van der Waals surface area contributed by atoms with E-state index in [9.17, 15) is 17.6 Å². The second kappa shape index (κ2) is 7.27. The summed E-state index contributed by atoms with van der Waals surface area (Å²) in [6.45, 7) is 4.82. The van der Waals surface area contributed by atoms with Crippen LogP contribution in [0.4, 0.5) is 10.1 Å². The predicted molar refractivity (Wildman–Crippen MR) is 85.0 cm³/mol. The first-order valence-electron chi connectivity index (χ1n) is 7.43. The quantitative estimate of drug-likeness (QED) is 0.877. The molecule has 1 aromatic carbocycles. The largest absolute Gasteiger partial charge is 0.375 e. The molecule has 1 saturated heterocycles. The molecule has 1 N–H and O–H groups in total. The lowest BCUT2D eigenvalue weighted by molar-refractivity contribution is -0.141. The summed E-state index contributed by atoms with van der Waals surface area (Å²) in [6, 6.07) is 5.19. The van der Waals surface area contributed by atoms with Crippen molar-refractivity contribution in [3.63, 3.8) is 0 Å². The summed E-state index contributed by atoms with van der Waals surface area (Å²) >= 11 is 0. The van der Waals surface area contributed by atoms with E-state index in [0.29, 0.717) is 19.7 Å². The van der Waals surface area contributed by atoms with Crippen LogP contribution < -0.4 is 4.72 Å². The molecule has 0 bridgehead atoms. The van der Waals surface area contributed by atoms with E-state index < -0.39 is 21.8 Å². The van der Waals surface area contributed by atoms with Gasteiger partial charge in [-0.2, -0.15) is 0 Å². The molecule has 1 amide bonds. The monoisotopic (exact) mass is 344 g/mol. The van der Waals surface area contributed by atoms with Gasteiger partial charge in [-0.25, -0.2) is 12.8 Å². The zero-order valence-corrected chi connectivity index (χ0v) is 14.0. The highest BCUT2D eigenvalue weighted by Gasteiger charge is 2.28. The molecular weight excluding hydrogens is 323 g/mol. The van der Waals surface area contributed by atoms with Crippen LogP contribution >= 0.6 is 0 Å².